The minimum atomic E-state index is -0.415. The first-order chi connectivity index (χ1) is 14.1. The Labute approximate surface area is 173 Å². The highest BCUT2D eigenvalue weighted by atomic mass is 16.7. The van der Waals surface area contributed by atoms with Crippen LogP contribution in [0.4, 0.5) is 0 Å². The second kappa shape index (κ2) is 8.84. The molecule has 1 unspecified atom stereocenters. The predicted octanol–water partition coefficient (Wildman–Crippen LogP) is 2.39. The fraction of sp³-hybridized carbons (Fsp3) is 0.652. The second-order valence-corrected chi connectivity index (χ2v) is 8.48. The molecule has 4 rings (SSSR count). The number of hydrogen-bond acceptors (Lipinski definition) is 4. The molecule has 0 aromatic heterocycles. The predicted molar refractivity (Wildman–Crippen MR) is 109 cm³/mol. The molecular weight excluding hydrogens is 368 g/mol. The van der Waals surface area contributed by atoms with E-state index >= 15 is 0 Å². The van der Waals surface area contributed by atoms with Gasteiger partial charge in [-0.3, -0.25) is 9.59 Å². The highest BCUT2D eigenvalue weighted by Crippen LogP contribution is 2.31. The van der Waals surface area contributed by atoms with Crippen LogP contribution in [0.25, 0.3) is 0 Å². The molecule has 0 saturated carbocycles. The molecule has 1 aromatic rings. The number of fused-ring (bicyclic) bond motifs is 1. The molecule has 6 heteroatoms. The molecule has 158 valence electrons. The van der Waals surface area contributed by atoms with Gasteiger partial charge in [-0.15, -0.1) is 0 Å². The molecule has 2 heterocycles. The van der Waals surface area contributed by atoms with Crippen molar-refractivity contribution in [2.75, 3.05) is 27.3 Å². The van der Waals surface area contributed by atoms with E-state index in [-0.39, 0.29) is 29.8 Å². The van der Waals surface area contributed by atoms with Gasteiger partial charge in [0.05, 0.1) is 6.04 Å². The Morgan fingerprint density at radius 1 is 0.931 bits per heavy atom. The van der Waals surface area contributed by atoms with Gasteiger partial charge in [-0.1, -0.05) is 24.3 Å². The van der Waals surface area contributed by atoms with Crippen molar-refractivity contribution in [3.63, 3.8) is 0 Å². The van der Waals surface area contributed by atoms with E-state index in [1.54, 1.807) is 14.2 Å². The number of methoxy groups -OCH3 is 2. The largest absolute Gasteiger partial charge is 0.354 e. The molecule has 1 aromatic carbocycles. The topological polar surface area (TPSA) is 59.1 Å². The lowest BCUT2D eigenvalue weighted by atomic mass is 9.83. The molecule has 6 nitrogen and oxygen atoms in total. The Morgan fingerprint density at radius 2 is 1.62 bits per heavy atom. The number of amides is 2. The Balaban J connectivity index is 1.46. The number of rotatable bonds is 5. The summed E-state index contributed by atoms with van der Waals surface area (Å²) in [6, 6.07) is 7.99. The Kier molecular flexibility index (Phi) is 6.20. The summed E-state index contributed by atoms with van der Waals surface area (Å²) in [6.07, 6.45) is 5.64. The van der Waals surface area contributed by atoms with Crippen molar-refractivity contribution < 1.29 is 19.1 Å². The first kappa shape index (κ1) is 20.4. The number of hydrogen-bond donors (Lipinski definition) is 0. The molecule has 3 aliphatic rings. The molecule has 2 fully saturated rings. The number of benzene rings is 1. The van der Waals surface area contributed by atoms with Gasteiger partial charge in [-0.25, -0.2) is 0 Å². The maximum absolute atomic E-state index is 13.4. The van der Waals surface area contributed by atoms with Crippen LogP contribution < -0.4 is 0 Å². The standard InChI is InChI=1S/C23H32N2O4/c1-28-23(29-2)20-10-6-14-25(20)22(27)19-9-5-13-24(19)21(26)18-12-11-16-7-3-4-8-17(16)15-18/h3-4,7-8,18-20,23H,5-6,9-15H2,1-2H3/t18-,19-,20?/m0/s1. The smallest absolute Gasteiger partial charge is 0.245 e. The van der Waals surface area contributed by atoms with Crippen LogP contribution in [0, 0.1) is 5.92 Å². The number of nitrogens with zero attached hydrogens (tertiary/aromatic N) is 2. The third-order valence-corrected chi connectivity index (χ3v) is 6.88. The summed E-state index contributed by atoms with van der Waals surface area (Å²) in [7, 11) is 3.23. The van der Waals surface area contributed by atoms with Crippen molar-refractivity contribution in [3.8, 4) is 0 Å². The van der Waals surface area contributed by atoms with Crippen LogP contribution in [0.3, 0.4) is 0 Å². The molecule has 29 heavy (non-hydrogen) atoms. The number of carbonyl (C=O) groups excluding carboxylic acids is 2. The van der Waals surface area contributed by atoms with Gasteiger partial charge < -0.3 is 19.3 Å². The van der Waals surface area contributed by atoms with E-state index in [2.05, 4.69) is 18.2 Å². The van der Waals surface area contributed by atoms with Gasteiger partial charge >= 0.3 is 0 Å². The number of likely N-dealkylation sites (tertiary alicyclic amines) is 2. The fourth-order valence-corrected chi connectivity index (χ4v) is 5.38. The molecule has 3 atom stereocenters. The Morgan fingerprint density at radius 3 is 2.38 bits per heavy atom. The van der Waals surface area contributed by atoms with Gasteiger partial charge in [-0.2, -0.15) is 0 Å². The van der Waals surface area contributed by atoms with E-state index in [4.69, 9.17) is 9.47 Å². The zero-order valence-electron chi connectivity index (χ0n) is 17.5. The van der Waals surface area contributed by atoms with Crippen molar-refractivity contribution in [1.82, 2.24) is 9.80 Å². The molecule has 0 radical (unpaired) electrons. The number of carbonyl (C=O) groups is 2. The van der Waals surface area contributed by atoms with Gasteiger partial charge in [-0.05, 0) is 56.1 Å². The molecule has 0 spiro atoms. The monoisotopic (exact) mass is 400 g/mol. The van der Waals surface area contributed by atoms with E-state index in [0.29, 0.717) is 13.1 Å². The molecule has 1 aliphatic carbocycles. The third-order valence-electron chi connectivity index (χ3n) is 6.88. The third kappa shape index (κ3) is 3.92. The highest BCUT2D eigenvalue weighted by Gasteiger charge is 2.43. The molecule has 0 N–H and O–H groups in total. The van der Waals surface area contributed by atoms with Gasteiger partial charge in [0.15, 0.2) is 6.29 Å². The van der Waals surface area contributed by atoms with E-state index in [0.717, 1.165) is 44.9 Å². The summed E-state index contributed by atoms with van der Waals surface area (Å²) < 4.78 is 10.9. The molecular formula is C23H32N2O4. The lowest BCUT2D eigenvalue weighted by Crippen LogP contribution is -2.53. The lowest BCUT2D eigenvalue weighted by Gasteiger charge is -2.35. The Hall–Kier alpha value is -1.92. The van der Waals surface area contributed by atoms with Crippen molar-refractivity contribution in [1.29, 1.82) is 0 Å². The lowest BCUT2D eigenvalue weighted by molar-refractivity contribution is -0.162. The quantitative estimate of drug-likeness (QED) is 0.712. The van der Waals surface area contributed by atoms with Crippen LogP contribution in [0.2, 0.25) is 0 Å². The van der Waals surface area contributed by atoms with Crippen LogP contribution >= 0.6 is 0 Å². The average Bonchev–Trinajstić information content (AvgIpc) is 3.43. The minimum absolute atomic E-state index is 0.0154. The van der Waals surface area contributed by atoms with E-state index < -0.39 is 6.29 Å². The van der Waals surface area contributed by atoms with E-state index in [9.17, 15) is 9.59 Å². The summed E-state index contributed by atoms with van der Waals surface area (Å²) in [5.74, 6) is 0.202. The van der Waals surface area contributed by atoms with Crippen molar-refractivity contribution in [2.24, 2.45) is 5.92 Å². The summed E-state index contributed by atoms with van der Waals surface area (Å²) in [5, 5.41) is 0. The van der Waals surface area contributed by atoms with E-state index in [1.165, 1.54) is 11.1 Å². The van der Waals surface area contributed by atoms with Crippen molar-refractivity contribution in [3.05, 3.63) is 35.4 Å². The first-order valence-corrected chi connectivity index (χ1v) is 10.9. The van der Waals surface area contributed by atoms with Crippen LogP contribution in [-0.4, -0.2) is 67.3 Å². The normalized spacial score (nSPS) is 26.8. The van der Waals surface area contributed by atoms with Gasteiger partial charge in [0.1, 0.15) is 6.04 Å². The molecule has 2 saturated heterocycles. The van der Waals surface area contributed by atoms with E-state index in [1.807, 2.05) is 15.9 Å². The van der Waals surface area contributed by atoms with Gasteiger partial charge in [0, 0.05) is 33.2 Å². The summed E-state index contributed by atoms with van der Waals surface area (Å²) in [4.78, 5) is 30.5. The highest BCUT2D eigenvalue weighted by molar-refractivity contribution is 5.89. The zero-order valence-corrected chi connectivity index (χ0v) is 17.5. The summed E-state index contributed by atoms with van der Waals surface area (Å²) in [6.45, 7) is 1.39. The van der Waals surface area contributed by atoms with Crippen molar-refractivity contribution in [2.45, 2.75) is 63.3 Å². The van der Waals surface area contributed by atoms with Crippen molar-refractivity contribution >= 4 is 11.8 Å². The minimum Gasteiger partial charge on any atom is -0.354 e. The maximum atomic E-state index is 13.4. The maximum Gasteiger partial charge on any atom is 0.245 e. The summed E-state index contributed by atoms with van der Waals surface area (Å²) in [5.41, 5.74) is 2.64. The molecule has 2 aliphatic heterocycles. The SMILES string of the molecule is COC(OC)C1CCCN1C(=O)[C@@H]1CCCN1C(=O)[C@H]1CCc2ccccc2C1. The number of ether oxygens (including phenoxy) is 2. The molecule has 0 bridgehead atoms. The van der Waals surface area contributed by atoms with Crippen LogP contribution in [0.5, 0.6) is 0 Å². The summed E-state index contributed by atoms with van der Waals surface area (Å²) >= 11 is 0. The van der Waals surface area contributed by atoms with Crippen LogP contribution in [0.1, 0.15) is 43.2 Å². The van der Waals surface area contributed by atoms with Gasteiger partial charge in [0.2, 0.25) is 11.8 Å². The average molecular weight is 401 g/mol. The van der Waals surface area contributed by atoms with Gasteiger partial charge in [0.25, 0.3) is 0 Å². The van der Waals surface area contributed by atoms with Crippen LogP contribution in [0.15, 0.2) is 24.3 Å². The molecule has 2 amide bonds. The van der Waals surface area contributed by atoms with Crippen LogP contribution in [-0.2, 0) is 31.9 Å². The fourth-order valence-electron chi connectivity index (χ4n) is 5.38. The zero-order chi connectivity index (χ0) is 20.4. The second-order valence-electron chi connectivity index (χ2n) is 8.48. The first-order valence-electron chi connectivity index (χ1n) is 10.9. The number of aryl methyl sites for hydroxylation is 1. The Bertz CT molecular complexity index is 748.